The number of likely N-dealkylation sites (tertiary alicyclic amines) is 1. The smallest absolute Gasteiger partial charge is 0.272 e. The van der Waals surface area contributed by atoms with E-state index >= 15 is 0 Å². The highest BCUT2D eigenvalue weighted by Gasteiger charge is 2.32. The van der Waals surface area contributed by atoms with E-state index < -0.39 is 0 Å². The van der Waals surface area contributed by atoms with Gasteiger partial charge in [0.25, 0.3) is 5.91 Å². The summed E-state index contributed by atoms with van der Waals surface area (Å²) in [5.41, 5.74) is 1.90. The molecule has 2 atom stereocenters. The molecule has 1 aromatic carbocycles. The predicted octanol–water partition coefficient (Wildman–Crippen LogP) is 2.71. The average Bonchev–Trinajstić information content (AvgIpc) is 3.27. The van der Waals surface area contributed by atoms with Crippen LogP contribution in [0, 0.1) is 0 Å². The van der Waals surface area contributed by atoms with Crippen molar-refractivity contribution < 1.29 is 4.79 Å². The first-order valence-electron chi connectivity index (χ1n) is 8.30. The minimum Gasteiger partial charge on any atom is -0.333 e. The Morgan fingerprint density at radius 2 is 2.17 bits per heavy atom. The number of nitrogens with one attached hydrogen (secondary N) is 1. The molecule has 5 nitrogen and oxygen atoms in total. The summed E-state index contributed by atoms with van der Waals surface area (Å²) in [5.74, 6) is 0.0456. The lowest BCUT2D eigenvalue weighted by molar-refractivity contribution is 0.0683. The van der Waals surface area contributed by atoms with Crippen LogP contribution in [0.25, 0.3) is 0 Å². The lowest BCUT2D eigenvalue weighted by atomic mass is 10.1. The Morgan fingerprint density at radius 3 is 2.83 bits per heavy atom. The lowest BCUT2D eigenvalue weighted by Crippen LogP contribution is -2.42. The van der Waals surface area contributed by atoms with Gasteiger partial charge in [-0.1, -0.05) is 30.3 Å². The minimum atomic E-state index is 0.0456. The summed E-state index contributed by atoms with van der Waals surface area (Å²) in [6, 6.07) is 12.9. The molecule has 1 saturated heterocycles. The molecule has 0 radical (unpaired) electrons. The van der Waals surface area contributed by atoms with Crippen molar-refractivity contribution in [2.24, 2.45) is 0 Å². The van der Waals surface area contributed by atoms with Crippen molar-refractivity contribution in [2.75, 3.05) is 19.6 Å². The Morgan fingerprint density at radius 1 is 1.39 bits per heavy atom. The topological polar surface area (TPSA) is 52.2 Å². The van der Waals surface area contributed by atoms with Crippen molar-refractivity contribution >= 4 is 5.91 Å². The molecule has 1 aliphatic rings. The summed E-state index contributed by atoms with van der Waals surface area (Å²) in [5, 5.41) is 6.67. The van der Waals surface area contributed by atoms with Crippen LogP contribution >= 0.6 is 0 Å². The van der Waals surface area contributed by atoms with E-state index in [-0.39, 0.29) is 11.9 Å². The van der Waals surface area contributed by atoms with Crippen LogP contribution in [0.5, 0.6) is 0 Å². The molecule has 2 heterocycles. The van der Waals surface area contributed by atoms with Gasteiger partial charge in [0.15, 0.2) is 0 Å². The van der Waals surface area contributed by atoms with Crippen molar-refractivity contribution in [3.63, 3.8) is 0 Å². The number of aromatic amines is 1. The van der Waals surface area contributed by atoms with E-state index in [1.54, 1.807) is 12.3 Å². The molecule has 0 saturated carbocycles. The molecule has 5 heteroatoms. The highest BCUT2D eigenvalue weighted by molar-refractivity contribution is 5.92. The number of carbonyl (C=O) groups excluding carboxylic acids is 1. The van der Waals surface area contributed by atoms with E-state index in [0.717, 1.165) is 26.1 Å². The van der Waals surface area contributed by atoms with Gasteiger partial charge in [0.1, 0.15) is 5.69 Å². The highest BCUT2D eigenvalue weighted by atomic mass is 16.2. The van der Waals surface area contributed by atoms with Crippen molar-refractivity contribution in [3.8, 4) is 0 Å². The van der Waals surface area contributed by atoms with E-state index in [9.17, 15) is 4.79 Å². The SMILES string of the molecule is CCN(C(=O)c1ccn[nH]1)[C@H]1CCN([C@H](C)c2ccccc2)C1. The molecule has 0 unspecified atom stereocenters. The first-order valence-corrected chi connectivity index (χ1v) is 8.30. The molecule has 2 aromatic rings. The molecule has 1 aliphatic heterocycles. The summed E-state index contributed by atoms with van der Waals surface area (Å²) in [6.45, 7) is 6.94. The van der Waals surface area contributed by atoms with Gasteiger partial charge in [0.05, 0.1) is 0 Å². The van der Waals surface area contributed by atoms with E-state index in [0.29, 0.717) is 11.7 Å². The van der Waals surface area contributed by atoms with Crippen LogP contribution in [0.4, 0.5) is 0 Å². The Hall–Kier alpha value is -2.14. The largest absolute Gasteiger partial charge is 0.333 e. The Labute approximate surface area is 137 Å². The van der Waals surface area contributed by atoms with Crippen molar-refractivity contribution in [1.29, 1.82) is 0 Å². The molecule has 23 heavy (non-hydrogen) atoms. The number of carbonyl (C=O) groups is 1. The van der Waals surface area contributed by atoms with Gasteiger partial charge in [-0.15, -0.1) is 0 Å². The van der Waals surface area contributed by atoms with Gasteiger partial charge in [0.2, 0.25) is 0 Å². The number of hydrogen-bond acceptors (Lipinski definition) is 3. The van der Waals surface area contributed by atoms with E-state index in [1.807, 2.05) is 17.9 Å². The Bertz CT molecular complexity index is 626. The molecule has 1 N–H and O–H groups in total. The first kappa shape index (κ1) is 15.7. The molecule has 122 valence electrons. The number of rotatable bonds is 5. The summed E-state index contributed by atoms with van der Waals surface area (Å²) < 4.78 is 0. The van der Waals surface area contributed by atoms with Crippen molar-refractivity contribution in [2.45, 2.75) is 32.4 Å². The van der Waals surface area contributed by atoms with Crippen LogP contribution in [0.2, 0.25) is 0 Å². The van der Waals surface area contributed by atoms with Crippen molar-refractivity contribution in [1.82, 2.24) is 20.0 Å². The van der Waals surface area contributed by atoms with E-state index in [1.165, 1.54) is 5.56 Å². The molecule has 1 amide bonds. The summed E-state index contributed by atoms with van der Waals surface area (Å²) >= 11 is 0. The van der Waals surface area contributed by atoms with Crippen LogP contribution in [0.3, 0.4) is 0 Å². The number of likely N-dealkylation sites (N-methyl/N-ethyl adjacent to an activating group) is 1. The minimum absolute atomic E-state index is 0.0456. The van der Waals surface area contributed by atoms with Gasteiger partial charge in [-0.3, -0.25) is 14.8 Å². The van der Waals surface area contributed by atoms with Crippen LogP contribution in [0.1, 0.15) is 42.4 Å². The molecule has 0 aliphatic carbocycles. The molecule has 0 bridgehead atoms. The van der Waals surface area contributed by atoms with Gasteiger partial charge in [0, 0.05) is 37.9 Å². The van der Waals surface area contributed by atoms with Crippen LogP contribution in [-0.2, 0) is 0 Å². The van der Waals surface area contributed by atoms with Gasteiger partial charge >= 0.3 is 0 Å². The van der Waals surface area contributed by atoms with Crippen LogP contribution in [0.15, 0.2) is 42.6 Å². The van der Waals surface area contributed by atoms with Gasteiger partial charge in [-0.25, -0.2) is 0 Å². The normalized spacial score (nSPS) is 19.7. The van der Waals surface area contributed by atoms with Gasteiger partial charge in [-0.2, -0.15) is 5.10 Å². The summed E-state index contributed by atoms with van der Waals surface area (Å²) in [4.78, 5) is 17.0. The summed E-state index contributed by atoms with van der Waals surface area (Å²) in [7, 11) is 0. The van der Waals surface area contributed by atoms with Gasteiger partial charge < -0.3 is 4.90 Å². The van der Waals surface area contributed by atoms with Crippen LogP contribution < -0.4 is 0 Å². The second kappa shape index (κ2) is 6.96. The monoisotopic (exact) mass is 312 g/mol. The number of hydrogen-bond donors (Lipinski definition) is 1. The fraction of sp³-hybridized carbons (Fsp3) is 0.444. The van der Waals surface area contributed by atoms with E-state index in [2.05, 4.69) is 46.3 Å². The molecule has 3 rings (SSSR count). The van der Waals surface area contributed by atoms with Gasteiger partial charge in [-0.05, 0) is 31.9 Å². The highest BCUT2D eigenvalue weighted by Crippen LogP contribution is 2.27. The standard InChI is InChI=1S/C18H24N4O/c1-3-22(18(23)17-9-11-19-20-17)16-10-12-21(13-16)14(2)15-7-5-4-6-8-15/h4-9,11,14,16H,3,10,12-13H2,1-2H3,(H,19,20)/t14-,16+/m1/s1. The second-order valence-electron chi connectivity index (χ2n) is 6.09. The Balaban J connectivity index is 1.67. The summed E-state index contributed by atoms with van der Waals surface area (Å²) in [6.07, 6.45) is 2.64. The molecule has 0 spiro atoms. The maximum atomic E-state index is 12.6. The maximum absolute atomic E-state index is 12.6. The molecule has 1 fully saturated rings. The number of amides is 1. The van der Waals surface area contributed by atoms with Crippen LogP contribution in [-0.4, -0.2) is 51.6 Å². The first-order chi connectivity index (χ1) is 11.2. The second-order valence-corrected chi connectivity index (χ2v) is 6.09. The molecule has 1 aromatic heterocycles. The third-order valence-electron chi connectivity index (χ3n) is 4.80. The third kappa shape index (κ3) is 3.29. The molecular weight excluding hydrogens is 288 g/mol. The quantitative estimate of drug-likeness (QED) is 0.923. The number of H-pyrrole nitrogens is 1. The predicted molar refractivity (Wildman–Crippen MR) is 90.1 cm³/mol. The van der Waals surface area contributed by atoms with Crippen molar-refractivity contribution in [3.05, 3.63) is 53.9 Å². The maximum Gasteiger partial charge on any atom is 0.272 e. The lowest BCUT2D eigenvalue weighted by Gasteiger charge is -2.29. The number of aromatic nitrogens is 2. The Kier molecular flexibility index (Phi) is 4.76. The number of benzene rings is 1. The zero-order valence-corrected chi connectivity index (χ0v) is 13.8. The van der Waals surface area contributed by atoms with E-state index in [4.69, 9.17) is 0 Å². The zero-order valence-electron chi connectivity index (χ0n) is 13.8. The average molecular weight is 312 g/mol. The fourth-order valence-electron chi connectivity index (χ4n) is 3.41. The third-order valence-corrected chi connectivity index (χ3v) is 4.80. The number of nitrogens with zero attached hydrogens (tertiary/aromatic N) is 3. The zero-order chi connectivity index (χ0) is 16.2. The fourth-order valence-corrected chi connectivity index (χ4v) is 3.41. The molecular formula is C18H24N4O.